The standard InChI is InChI=1S/C11H12BrFN2/c1-6-10(13)9(12)3-14-11(6)15-4-7-2-8(7)5-15/h3,7-8H,2,4-5H2,1H3/t7-,8+. The van der Waals surface area contributed by atoms with Gasteiger partial charge in [-0.05, 0) is 41.1 Å². The van der Waals surface area contributed by atoms with Gasteiger partial charge in [-0.1, -0.05) is 0 Å². The Morgan fingerprint density at radius 1 is 1.47 bits per heavy atom. The highest BCUT2D eigenvalue weighted by Gasteiger charge is 2.45. The van der Waals surface area contributed by atoms with Gasteiger partial charge < -0.3 is 4.90 Å². The molecule has 0 unspecified atom stereocenters. The van der Waals surface area contributed by atoms with Gasteiger partial charge in [0.05, 0.1) is 4.47 Å². The number of anilines is 1. The number of pyridine rings is 1. The molecule has 1 aromatic rings. The van der Waals surface area contributed by atoms with E-state index in [1.807, 2.05) is 0 Å². The Balaban J connectivity index is 1.94. The smallest absolute Gasteiger partial charge is 0.145 e. The number of piperidine rings is 1. The minimum Gasteiger partial charge on any atom is -0.356 e. The van der Waals surface area contributed by atoms with Crippen molar-refractivity contribution in [2.45, 2.75) is 13.3 Å². The highest BCUT2D eigenvalue weighted by atomic mass is 79.9. The van der Waals surface area contributed by atoms with Crippen molar-refractivity contribution >= 4 is 21.7 Å². The van der Waals surface area contributed by atoms with Crippen LogP contribution in [0.15, 0.2) is 10.7 Å². The lowest BCUT2D eigenvalue weighted by Crippen LogP contribution is -2.24. The Morgan fingerprint density at radius 2 is 2.13 bits per heavy atom. The number of rotatable bonds is 1. The number of hydrogen-bond acceptors (Lipinski definition) is 2. The van der Waals surface area contributed by atoms with Gasteiger partial charge in [0.15, 0.2) is 0 Å². The van der Waals surface area contributed by atoms with Crippen LogP contribution in [0, 0.1) is 24.6 Å². The van der Waals surface area contributed by atoms with Crippen molar-refractivity contribution in [3.63, 3.8) is 0 Å². The van der Waals surface area contributed by atoms with E-state index in [1.54, 1.807) is 13.1 Å². The Kier molecular flexibility index (Phi) is 2.03. The van der Waals surface area contributed by atoms with E-state index >= 15 is 0 Å². The second-order valence-corrected chi connectivity index (χ2v) is 5.38. The average molecular weight is 271 g/mol. The van der Waals surface area contributed by atoms with Crippen molar-refractivity contribution in [1.82, 2.24) is 4.98 Å². The maximum absolute atomic E-state index is 13.6. The Morgan fingerprint density at radius 3 is 2.80 bits per heavy atom. The molecule has 0 N–H and O–H groups in total. The van der Waals surface area contributed by atoms with E-state index in [9.17, 15) is 4.39 Å². The third-order valence-corrected chi connectivity index (χ3v) is 4.01. The maximum atomic E-state index is 13.6. The lowest BCUT2D eigenvalue weighted by Gasteiger charge is -2.21. The van der Waals surface area contributed by atoms with Crippen molar-refractivity contribution in [1.29, 1.82) is 0 Å². The van der Waals surface area contributed by atoms with Crippen LogP contribution in [0.4, 0.5) is 10.2 Å². The predicted molar refractivity (Wildman–Crippen MR) is 60.4 cm³/mol. The van der Waals surface area contributed by atoms with Gasteiger partial charge in [-0.3, -0.25) is 0 Å². The van der Waals surface area contributed by atoms with Gasteiger partial charge in [0.2, 0.25) is 0 Å². The second kappa shape index (κ2) is 3.17. The summed E-state index contributed by atoms with van der Waals surface area (Å²) >= 11 is 3.15. The second-order valence-electron chi connectivity index (χ2n) is 4.53. The van der Waals surface area contributed by atoms with Crippen LogP contribution in [0.25, 0.3) is 0 Å². The lowest BCUT2D eigenvalue weighted by molar-refractivity contribution is 0.606. The first kappa shape index (κ1) is 9.58. The molecule has 15 heavy (non-hydrogen) atoms. The summed E-state index contributed by atoms with van der Waals surface area (Å²) in [5.41, 5.74) is 0.658. The molecule has 1 aliphatic carbocycles. The molecule has 0 radical (unpaired) electrons. The zero-order valence-corrected chi connectivity index (χ0v) is 10.1. The lowest BCUT2D eigenvalue weighted by atomic mass is 10.2. The minimum atomic E-state index is -0.180. The van der Waals surface area contributed by atoms with Crippen LogP contribution >= 0.6 is 15.9 Å². The summed E-state index contributed by atoms with van der Waals surface area (Å²) in [4.78, 5) is 6.53. The van der Waals surface area contributed by atoms with Gasteiger partial charge in [0, 0.05) is 24.8 Å². The van der Waals surface area contributed by atoms with Crippen molar-refractivity contribution in [3.05, 3.63) is 22.1 Å². The molecule has 0 amide bonds. The maximum Gasteiger partial charge on any atom is 0.145 e. The van der Waals surface area contributed by atoms with E-state index in [-0.39, 0.29) is 5.82 Å². The molecule has 1 saturated carbocycles. The van der Waals surface area contributed by atoms with Crippen LogP contribution in [0.1, 0.15) is 12.0 Å². The van der Waals surface area contributed by atoms with E-state index in [1.165, 1.54) is 6.42 Å². The fraction of sp³-hybridized carbons (Fsp3) is 0.545. The molecule has 3 rings (SSSR count). The van der Waals surface area contributed by atoms with Gasteiger partial charge in [-0.2, -0.15) is 0 Å². The number of fused-ring (bicyclic) bond motifs is 1. The summed E-state index contributed by atoms with van der Waals surface area (Å²) in [5, 5.41) is 0. The van der Waals surface area contributed by atoms with Crippen molar-refractivity contribution in [3.8, 4) is 0 Å². The van der Waals surface area contributed by atoms with Gasteiger partial charge >= 0.3 is 0 Å². The molecule has 2 aliphatic rings. The molecule has 0 aromatic carbocycles. The van der Waals surface area contributed by atoms with Gasteiger partial charge in [-0.25, -0.2) is 9.37 Å². The molecule has 0 spiro atoms. The highest BCUT2D eigenvalue weighted by Crippen LogP contribution is 2.46. The van der Waals surface area contributed by atoms with Crippen LogP contribution in [0.2, 0.25) is 0 Å². The Bertz CT molecular complexity index is 411. The van der Waals surface area contributed by atoms with Crippen LogP contribution in [-0.4, -0.2) is 18.1 Å². The summed E-state index contributed by atoms with van der Waals surface area (Å²) in [6.07, 6.45) is 2.91. The monoisotopic (exact) mass is 270 g/mol. The zero-order valence-electron chi connectivity index (χ0n) is 8.50. The summed E-state index contributed by atoms with van der Waals surface area (Å²) in [6, 6.07) is 0. The predicted octanol–water partition coefficient (Wildman–Crippen LogP) is 2.75. The Labute approximate surface area is 96.6 Å². The van der Waals surface area contributed by atoms with Crippen molar-refractivity contribution in [2.75, 3.05) is 18.0 Å². The van der Waals surface area contributed by atoms with Gasteiger partial charge in [0.25, 0.3) is 0 Å². The quantitative estimate of drug-likeness (QED) is 0.780. The highest BCUT2D eigenvalue weighted by molar-refractivity contribution is 9.10. The first-order valence-electron chi connectivity index (χ1n) is 5.22. The van der Waals surface area contributed by atoms with Crippen LogP contribution in [0.5, 0.6) is 0 Å². The number of halogens is 2. The fourth-order valence-electron chi connectivity index (χ4n) is 2.44. The van der Waals surface area contributed by atoms with Crippen LogP contribution < -0.4 is 4.90 Å². The molecular formula is C11H12BrFN2. The topological polar surface area (TPSA) is 16.1 Å². The molecule has 2 fully saturated rings. The largest absolute Gasteiger partial charge is 0.356 e. The minimum absolute atomic E-state index is 0.180. The summed E-state index contributed by atoms with van der Waals surface area (Å²) in [5.74, 6) is 2.33. The number of hydrogen-bond donors (Lipinski definition) is 0. The molecule has 2 nitrogen and oxygen atoms in total. The zero-order chi connectivity index (χ0) is 10.6. The van der Waals surface area contributed by atoms with E-state index in [0.29, 0.717) is 10.0 Å². The summed E-state index contributed by atoms with van der Waals surface area (Å²) in [7, 11) is 0. The van der Waals surface area contributed by atoms with Crippen molar-refractivity contribution in [2.24, 2.45) is 11.8 Å². The molecule has 4 heteroatoms. The van der Waals surface area contributed by atoms with E-state index in [2.05, 4.69) is 25.8 Å². The molecule has 1 aromatic heterocycles. The third kappa shape index (κ3) is 1.46. The Hall–Kier alpha value is -0.640. The van der Waals surface area contributed by atoms with Gasteiger partial charge in [-0.15, -0.1) is 0 Å². The third-order valence-electron chi connectivity index (χ3n) is 3.45. The summed E-state index contributed by atoms with van der Waals surface area (Å²) in [6.45, 7) is 3.91. The molecule has 2 atom stereocenters. The van der Waals surface area contributed by atoms with Crippen LogP contribution in [0.3, 0.4) is 0 Å². The van der Waals surface area contributed by atoms with Gasteiger partial charge in [0.1, 0.15) is 11.6 Å². The first-order chi connectivity index (χ1) is 7.16. The van der Waals surface area contributed by atoms with E-state index < -0.39 is 0 Å². The average Bonchev–Trinajstić information content (AvgIpc) is 2.83. The first-order valence-corrected chi connectivity index (χ1v) is 6.01. The fourth-order valence-corrected chi connectivity index (χ4v) is 2.84. The van der Waals surface area contributed by atoms with E-state index in [0.717, 1.165) is 30.7 Å². The summed E-state index contributed by atoms with van der Waals surface area (Å²) < 4.78 is 14.1. The van der Waals surface area contributed by atoms with Crippen LogP contribution in [-0.2, 0) is 0 Å². The molecular weight excluding hydrogens is 259 g/mol. The number of aromatic nitrogens is 1. The normalized spacial score (nSPS) is 28.1. The molecule has 1 saturated heterocycles. The number of nitrogens with zero attached hydrogens (tertiary/aromatic N) is 2. The van der Waals surface area contributed by atoms with E-state index in [4.69, 9.17) is 0 Å². The SMILES string of the molecule is Cc1c(N2C[C@H]3C[C@H]3C2)ncc(Br)c1F. The molecule has 80 valence electrons. The molecule has 0 bridgehead atoms. The van der Waals surface area contributed by atoms with Crippen molar-refractivity contribution < 1.29 is 4.39 Å². The molecule has 1 aliphatic heterocycles. The molecule has 2 heterocycles.